The Morgan fingerprint density at radius 2 is 2.22 bits per heavy atom. The predicted octanol–water partition coefficient (Wildman–Crippen LogP) is 4.13. The van der Waals surface area contributed by atoms with Gasteiger partial charge < -0.3 is 14.3 Å². The second kappa shape index (κ2) is 7.04. The van der Waals surface area contributed by atoms with Gasteiger partial charge in [0.2, 0.25) is 5.91 Å². The van der Waals surface area contributed by atoms with Gasteiger partial charge in [-0.3, -0.25) is 4.79 Å². The van der Waals surface area contributed by atoms with Crippen LogP contribution >= 0.6 is 15.9 Å². The number of nitrogens with one attached hydrogen (secondary N) is 1. The molecule has 0 radical (unpaired) electrons. The molecule has 0 bridgehead atoms. The van der Waals surface area contributed by atoms with Crippen LogP contribution in [0.1, 0.15) is 19.1 Å². The molecule has 2 aromatic heterocycles. The summed E-state index contributed by atoms with van der Waals surface area (Å²) in [5.41, 5.74) is 1.05. The second-order valence-corrected chi connectivity index (χ2v) is 6.65. The van der Waals surface area contributed by atoms with Crippen molar-refractivity contribution in [3.8, 4) is 0 Å². The highest BCUT2D eigenvalue weighted by Crippen LogP contribution is 2.20. The number of aromatic nitrogens is 1. The molecule has 1 unspecified atom stereocenters. The largest absolute Gasteiger partial charge is 0.469 e. The first-order valence-corrected chi connectivity index (χ1v) is 8.47. The highest BCUT2D eigenvalue weighted by atomic mass is 79.9. The number of furan rings is 1. The van der Waals surface area contributed by atoms with E-state index in [4.69, 9.17) is 4.42 Å². The summed E-state index contributed by atoms with van der Waals surface area (Å²) < 4.78 is 8.29. The molecule has 23 heavy (non-hydrogen) atoms. The third kappa shape index (κ3) is 4.05. The smallest absolute Gasteiger partial charge is 0.240 e. The van der Waals surface area contributed by atoms with Crippen LogP contribution in [0.2, 0.25) is 0 Å². The van der Waals surface area contributed by atoms with Crippen molar-refractivity contribution < 1.29 is 9.21 Å². The van der Waals surface area contributed by atoms with Gasteiger partial charge in [-0.15, -0.1) is 0 Å². The Morgan fingerprint density at radius 1 is 1.35 bits per heavy atom. The van der Waals surface area contributed by atoms with E-state index in [1.165, 1.54) is 0 Å². The quantitative estimate of drug-likeness (QED) is 0.704. The zero-order chi connectivity index (χ0) is 16.2. The number of hydrogen-bond donors (Lipinski definition) is 1. The van der Waals surface area contributed by atoms with Gasteiger partial charge in [0.1, 0.15) is 12.3 Å². The fourth-order valence-electron chi connectivity index (χ4n) is 2.66. The number of rotatable bonds is 6. The third-order valence-corrected chi connectivity index (χ3v) is 4.35. The normalized spacial score (nSPS) is 12.4. The molecular formula is C18H19BrN2O2. The molecule has 0 saturated carbocycles. The van der Waals surface area contributed by atoms with Crippen LogP contribution in [0.15, 0.2) is 57.7 Å². The lowest BCUT2D eigenvalue weighted by atomic mass is 10.1. The molecule has 1 amide bonds. The maximum absolute atomic E-state index is 12.2. The van der Waals surface area contributed by atoms with E-state index in [-0.39, 0.29) is 11.9 Å². The number of fused-ring (bicyclic) bond motifs is 1. The van der Waals surface area contributed by atoms with Gasteiger partial charge in [0, 0.05) is 28.6 Å². The molecule has 0 saturated heterocycles. The first-order chi connectivity index (χ1) is 11.1. The van der Waals surface area contributed by atoms with E-state index in [0.717, 1.165) is 34.0 Å². The van der Waals surface area contributed by atoms with Gasteiger partial charge in [0.25, 0.3) is 0 Å². The van der Waals surface area contributed by atoms with Gasteiger partial charge in [-0.05, 0) is 49.1 Å². The van der Waals surface area contributed by atoms with Crippen molar-refractivity contribution in [3.63, 3.8) is 0 Å². The van der Waals surface area contributed by atoms with Crippen LogP contribution in [0, 0.1) is 0 Å². The molecule has 4 nitrogen and oxygen atoms in total. The Hall–Kier alpha value is -2.01. The molecule has 1 aromatic carbocycles. The lowest BCUT2D eigenvalue weighted by molar-refractivity contribution is -0.122. The Kier molecular flexibility index (Phi) is 4.86. The van der Waals surface area contributed by atoms with Crippen molar-refractivity contribution in [3.05, 3.63) is 59.1 Å². The van der Waals surface area contributed by atoms with Gasteiger partial charge in [-0.1, -0.05) is 22.0 Å². The van der Waals surface area contributed by atoms with Crippen LogP contribution in [-0.2, 0) is 17.8 Å². The van der Waals surface area contributed by atoms with Crippen LogP contribution < -0.4 is 5.32 Å². The van der Waals surface area contributed by atoms with Crippen LogP contribution in [0.3, 0.4) is 0 Å². The SMILES string of the molecule is CC(CCc1ccco1)NC(=O)Cn1ccc2ccc(Br)cc21. The molecule has 3 aromatic rings. The Balaban J connectivity index is 1.56. The summed E-state index contributed by atoms with van der Waals surface area (Å²) in [5.74, 6) is 0.974. The number of amides is 1. The van der Waals surface area contributed by atoms with E-state index in [9.17, 15) is 4.79 Å². The molecule has 0 fully saturated rings. The molecule has 5 heteroatoms. The van der Waals surface area contributed by atoms with Crippen LogP contribution in [0.4, 0.5) is 0 Å². The van der Waals surface area contributed by atoms with Gasteiger partial charge in [-0.25, -0.2) is 0 Å². The van der Waals surface area contributed by atoms with Crippen LogP contribution in [-0.4, -0.2) is 16.5 Å². The standard InChI is InChI=1S/C18H19BrN2O2/c1-13(4-7-16-3-2-10-23-16)20-18(22)12-21-9-8-14-5-6-15(19)11-17(14)21/h2-3,5-6,8-11,13H,4,7,12H2,1H3,(H,20,22). The van der Waals surface area contributed by atoms with Crippen LogP contribution in [0.25, 0.3) is 10.9 Å². The maximum Gasteiger partial charge on any atom is 0.240 e. The minimum absolute atomic E-state index is 0.0226. The maximum atomic E-state index is 12.2. The minimum Gasteiger partial charge on any atom is -0.469 e. The second-order valence-electron chi connectivity index (χ2n) is 5.73. The van der Waals surface area contributed by atoms with Crippen molar-refractivity contribution in [2.24, 2.45) is 0 Å². The van der Waals surface area contributed by atoms with E-state index in [1.807, 2.05) is 54.1 Å². The monoisotopic (exact) mass is 374 g/mol. The molecule has 0 aliphatic carbocycles. The zero-order valence-electron chi connectivity index (χ0n) is 13.0. The summed E-state index contributed by atoms with van der Waals surface area (Å²) in [4.78, 5) is 12.2. The molecule has 2 heterocycles. The summed E-state index contributed by atoms with van der Waals surface area (Å²) in [6, 6.07) is 12.1. The van der Waals surface area contributed by atoms with E-state index < -0.39 is 0 Å². The van der Waals surface area contributed by atoms with Crippen molar-refractivity contribution in [1.82, 2.24) is 9.88 Å². The lowest BCUT2D eigenvalue weighted by Gasteiger charge is -2.14. The average molecular weight is 375 g/mol. The summed E-state index contributed by atoms with van der Waals surface area (Å²) >= 11 is 3.47. The first kappa shape index (κ1) is 15.9. The summed E-state index contributed by atoms with van der Waals surface area (Å²) in [6.07, 6.45) is 5.31. The number of halogens is 1. The summed E-state index contributed by atoms with van der Waals surface area (Å²) in [6.45, 7) is 2.34. The summed E-state index contributed by atoms with van der Waals surface area (Å²) in [5, 5.41) is 4.18. The van der Waals surface area contributed by atoms with Gasteiger partial charge in [0.05, 0.1) is 6.26 Å². The van der Waals surface area contributed by atoms with Gasteiger partial charge in [-0.2, -0.15) is 0 Å². The number of carbonyl (C=O) groups excluding carboxylic acids is 1. The van der Waals surface area contributed by atoms with Gasteiger partial charge >= 0.3 is 0 Å². The number of nitrogens with zero attached hydrogens (tertiary/aromatic N) is 1. The summed E-state index contributed by atoms with van der Waals surface area (Å²) in [7, 11) is 0. The minimum atomic E-state index is 0.0226. The first-order valence-electron chi connectivity index (χ1n) is 7.68. The number of carbonyl (C=O) groups is 1. The predicted molar refractivity (Wildman–Crippen MR) is 94.3 cm³/mol. The fraction of sp³-hybridized carbons (Fsp3) is 0.278. The number of benzene rings is 1. The van der Waals surface area contributed by atoms with E-state index >= 15 is 0 Å². The third-order valence-electron chi connectivity index (χ3n) is 3.86. The van der Waals surface area contributed by atoms with Crippen molar-refractivity contribution in [2.45, 2.75) is 32.4 Å². The molecule has 0 aliphatic heterocycles. The Bertz CT molecular complexity index is 793. The van der Waals surface area contributed by atoms with Crippen molar-refractivity contribution >= 4 is 32.7 Å². The van der Waals surface area contributed by atoms with Gasteiger partial charge in [0.15, 0.2) is 0 Å². The van der Waals surface area contributed by atoms with Crippen molar-refractivity contribution in [1.29, 1.82) is 0 Å². The van der Waals surface area contributed by atoms with E-state index in [2.05, 4.69) is 21.2 Å². The van der Waals surface area contributed by atoms with E-state index in [0.29, 0.717) is 6.54 Å². The molecule has 1 N–H and O–H groups in total. The average Bonchev–Trinajstić information content (AvgIpc) is 3.15. The molecule has 0 spiro atoms. The van der Waals surface area contributed by atoms with Crippen molar-refractivity contribution in [2.75, 3.05) is 0 Å². The van der Waals surface area contributed by atoms with Crippen LogP contribution in [0.5, 0.6) is 0 Å². The topological polar surface area (TPSA) is 47.2 Å². The highest BCUT2D eigenvalue weighted by Gasteiger charge is 2.10. The molecule has 1 atom stereocenters. The molecule has 3 rings (SSSR count). The Morgan fingerprint density at radius 3 is 3.00 bits per heavy atom. The zero-order valence-corrected chi connectivity index (χ0v) is 14.5. The Labute approximate surface area is 143 Å². The number of aryl methyl sites for hydroxylation is 1. The highest BCUT2D eigenvalue weighted by molar-refractivity contribution is 9.10. The molecule has 120 valence electrons. The molecule has 0 aliphatic rings. The number of hydrogen-bond acceptors (Lipinski definition) is 2. The lowest BCUT2D eigenvalue weighted by Crippen LogP contribution is -2.35. The fourth-order valence-corrected chi connectivity index (χ4v) is 3.00. The van der Waals surface area contributed by atoms with E-state index in [1.54, 1.807) is 6.26 Å². The molecular weight excluding hydrogens is 356 g/mol.